The molecule has 21 heavy (non-hydrogen) atoms. The molecule has 2 rings (SSSR count). The number of amides is 1. The first-order valence-electron chi connectivity index (χ1n) is 6.37. The van der Waals surface area contributed by atoms with Gasteiger partial charge in [0.2, 0.25) is 0 Å². The number of benzene rings is 1. The third-order valence-corrected chi connectivity index (χ3v) is 3.06. The molecule has 0 saturated carbocycles. The fourth-order valence-electron chi connectivity index (χ4n) is 1.77. The summed E-state index contributed by atoms with van der Waals surface area (Å²) >= 11 is 5.97. The fourth-order valence-corrected chi connectivity index (χ4v) is 1.96. The number of aromatic nitrogens is 1. The number of methoxy groups -OCH3 is 1. The zero-order valence-corrected chi connectivity index (χ0v) is 12.5. The summed E-state index contributed by atoms with van der Waals surface area (Å²) in [5.74, 6) is 0.838. The van der Waals surface area contributed by atoms with Crippen molar-refractivity contribution in [1.29, 1.82) is 0 Å². The van der Waals surface area contributed by atoms with Crippen LogP contribution in [-0.2, 0) is 0 Å². The van der Waals surface area contributed by atoms with E-state index in [1.807, 2.05) is 6.92 Å². The number of nitrogens with zero attached hydrogens (tertiary/aromatic N) is 1. The SMILES string of the molecule is CCOc1cc(NC(=O)c2cnccc2Cl)ccc1OC. The van der Waals surface area contributed by atoms with E-state index in [1.54, 1.807) is 31.4 Å². The van der Waals surface area contributed by atoms with Gasteiger partial charge in [-0.05, 0) is 25.1 Å². The molecule has 0 aliphatic carbocycles. The zero-order chi connectivity index (χ0) is 15.2. The average Bonchev–Trinajstić information content (AvgIpc) is 2.48. The van der Waals surface area contributed by atoms with Gasteiger partial charge in [-0.3, -0.25) is 9.78 Å². The Hall–Kier alpha value is -2.27. The zero-order valence-electron chi connectivity index (χ0n) is 11.7. The maximum absolute atomic E-state index is 12.2. The number of halogens is 1. The van der Waals surface area contributed by atoms with Crippen molar-refractivity contribution < 1.29 is 14.3 Å². The van der Waals surface area contributed by atoms with Crippen molar-refractivity contribution >= 4 is 23.2 Å². The number of hydrogen-bond acceptors (Lipinski definition) is 4. The van der Waals surface area contributed by atoms with E-state index in [2.05, 4.69) is 10.3 Å². The molecule has 0 unspecified atom stereocenters. The molecule has 0 aliphatic heterocycles. The van der Waals surface area contributed by atoms with Gasteiger partial charge in [-0.1, -0.05) is 11.6 Å². The van der Waals surface area contributed by atoms with E-state index in [4.69, 9.17) is 21.1 Å². The Morgan fingerprint density at radius 2 is 2.14 bits per heavy atom. The Labute approximate surface area is 127 Å². The fraction of sp³-hybridized carbons (Fsp3) is 0.200. The van der Waals surface area contributed by atoms with Gasteiger partial charge in [0.05, 0.1) is 24.3 Å². The highest BCUT2D eigenvalue weighted by atomic mass is 35.5. The summed E-state index contributed by atoms with van der Waals surface area (Å²) in [7, 11) is 1.56. The van der Waals surface area contributed by atoms with Crippen molar-refractivity contribution in [2.24, 2.45) is 0 Å². The number of pyridine rings is 1. The standard InChI is InChI=1S/C15H15ClN2O3/c1-3-21-14-8-10(4-5-13(14)20-2)18-15(19)11-9-17-7-6-12(11)16/h4-9H,3H2,1-2H3,(H,18,19). The second-order valence-corrected chi connectivity index (χ2v) is 4.52. The minimum atomic E-state index is -0.333. The molecule has 1 N–H and O–H groups in total. The van der Waals surface area contributed by atoms with Crippen LogP contribution < -0.4 is 14.8 Å². The van der Waals surface area contributed by atoms with E-state index in [9.17, 15) is 4.79 Å². The highest BCUT2D eigenvalue weighted by Gasteiger charge is 2.12. The summed E-state index contributed by atoms with van der Waals surface area (Å²) in [4.78, 5) is 16.0. The van der Waals surface area contributed by atoms with Gasteiger partial charge in [-0.2, -0.15) is 0 Å². The maximum atomic E-state index is 12.2. The Bertz CT molecular complexity index is 647. The molecule has 0 atom stereocenters. The second kappa shape index (κ2) is 6.95. The number of anilines is 1. The maximum Gasteiger partial charge on any atom is 0.258 e. The van der Waals surface area contributed by atoms with Crippen molar-refractivity contribution in [1.82, 2.24) is 4.98 Å². The minimum Gasteiger partial charge on any atom is -0.493 e. The van der Waals surface area contributed by atoms with Crippen LogP contribution in [0.15, 0.2) is 36.7 Å². The summed E-state index contributed by atoms with van der Waals surface area (Å²) in [6.07, 6.45) is 2.95. The highest BCUT2D eigenvalue weighted by Crippen LogP contribution is 2.30. The molecule has 0 fully saturated rings. The lowest BCUT2D eigenvalue weighted by Gasteiger charge is -2.12. The molecule has 1 aromatic carbocycles. The molecule has 2 aromatic rings. The van der Waals surface area contributed by atoms with Gasteiger partial charge in [0.15, 0.2) is 11.5 Å². The van der Waals surface area contributed by atoms with Crippen LogP contribution in [0.4, 0.5) is 5.69 Å². The van der Waals surface area contributed by atoms with Crippen LogP contribution in [-0.4, -0.2) is 24.6 Å². The molecule has 1 aromatic heterocycles. The van der Waals surface area contributed by atoms with E-state index in [0.717, 1.165) is 0 Å². The molecule has 1 amide bonds. The Kier molecular flexibility index (Phi) is 5.00. The predicted octanol–water partition coefficient (Wildman–Crippen LogP) is 3.39. The predicted molar refractivity (Wildman–Crippen MR) is 81.4 cm³/mol. The first-order chi connectivity index (χ1) is 10.2. The van der Waals surface area contributed by atoms with Gasteiger partial charge in [-0.25, -0.2) is 0 Å². The van der Waals surface area contributed by atoms with Crippen LogP contribution in [0.25, 0.3) is 0 Å². The van der Waals surface area contributed by atoms with Crippen molar-refractivity contribution in [3.8, 4) is 11.5 Å². The third kappa shape index (κ3) is 3.64. The van der Waals surface area contributed by atoms with Crippen LogP contribution >= 0.6 is 11.6 Å². The molecule has 0 aliphatic rings. The van der Waals surface area contributed by atoms with Crippen LogP contribution in [0.5, 0.6) is 11.5 Å². The normalized spacial score (nSPS) is 10.0. The first-order valence-corrected chi connectivity index (χ1v) is 6.75. The molecule has 1 heterocycles. The minimum absolute atomic E-state index is 0.313. The van der Waals surface area contributed by atoms with E-state index < -0.39 is 0 Å². The Morgan fingerprint density at radius 1 is 1.33 bits per heavy atom. The van der Waals surface area contributed by atoms with E-state index in [0.29, 0.717) is 34.4 Å². The molecule has 6 heteroatoms. The lowest BCUT2D eigenvalue weighted by atomic mass is 10.2. The van der Waals surface area contributed by atoms with Gasteiger partial charge in [0.1, 0.15) is 0 Å². The number of ether oxygens (including phenoxy) is 2. The number of rotatable bonds is 5. The Morgan fingerprint density at radius 3 is 2.81 bits per heavy atom. The van der Waals surface area contributed by atoms with Crippen molar-refractivity contribution in [2.75, 3.05) is 19.0 Å². The van der Waals surface area contributed by atoms with E-state index in [-0.39, 0.29) is 5.91 Å². The van der Waals surface area contributed by atoms with Crippen LogP contribution in [0.3, 0.4) is 0 Å². The highest BCUT2D eigenvalue weighted by molar-refractivity contribution is 6.34. The molecule has 0 saturated heterocycles. The average molecular weight is 307 g/mol. The van der Waals surface area contributed by atoms with E-state index >= 15 is 0 Å². The Balaban J connectivity index is 2.21. The van der Waals surface area contributed by atoms with Gasteiger partial charge in [0, 0.05) is 24.1 Å². The molecule has 0 radical (unpaired) electrons. The molecule has 0 spiro atoms. The van der Waals surface area contributed by atoms with Crippen LogP contribution in [0.1, 0.15) is 17.3 Å². The largest absolute Gasteiger partial charge is 0.493 e. The number of carbonyl (C=O) groups is 1. The van der Waals surface area contributed by atoms with Gasteiger partial charge in [-0.15, -0.1) is 0 Å². The summed E-state index contributed by atoms with van der Waals surface area (Å²) in [5, 5.41) is 3.10. The van der Waals surface area contributed by atoms with Crippen LogP contribution in [0, 0.1) is 0 Å². The molecular formula is C15H15ClN2O3. The number of hydrogen-bond donors (Lipinski definition) is 1. The van der Waals surface area contributed by atoms with Gasteiger partial charge >= 0.3 is 0 Å². The molecule has 5 nitrogen and oxygen atoms in total. The number of nitrogens with one attached hydrogen (secondary N) is 1. The molecule has 0 bridgehead atoms. The third-order valence-electron chi connectivity index (χ3n) is 2.73. The quantitative estimate of drug-likeness (QED) is 0.919. The smallest absolute Gasteiger partial charge is 0.258 e. The summed E-state index contributed by atoms with van der Waals surface area (Å²) in [6.45, 7) is 2.38. The van der Waals surface area contributed by atoms with Crippen molar-refractivity contribution in [3.05, 3.63) is 47.2 Å². The topological polar surface area (TPSA) is 60.5 Å². The van der Waals surface area contributed by atoms with Gasteiger partial charge in [0.25, 0.3) is 5.91 Å². The van der Waals surface area contributed by atoms with Crippen molar-refractivity contribution in [3.63, 3.8) is 0 Å². The van der Waals surface area contributed by atoms with Gasteiger partial charge < -0.3 is 14.8 Å². The summed E-state index contributed by atoms with van der Waals surface area (Å²) < 4.78 is 10.7. The van der Waals surface area contributed by atoms with Crippen molar-refractivity contribution in [2.45, 2.75) is 6.92 Å². The monoisotopic (exact) mass is 306 g/mol. The molecular weight excluding hydrogens is 292 g/mol. The lowest BCUT2D eigenvalue weighted by molar-refractivity contribution is 0.102. The number of carbonyl (C=O) groups excluding carboxylic acids is 1. The first kappa shape index (κ1) is 15.1. The second-order valence-electron chi connectivity index (χ2n) is 4.11. The molecule has 110 valence electrons. The summed E-state index contributed by atoms with van der Waals surface area (Å²) in [5.41, 5.74) is 0.900. The van der Waals surface area contributed by atoms with Crippen LogP contribution in [0.2, 0.25) is 5.02 Å². The van der Waals surface area contributed by atoms with E-state index in [1.165, 1.54) is 12.4 Å². The summed E-state index contributed by atoms with van der Waals surface area (Å²) in [6, 6.07) is 6.72. The lowest BCUT2D eigenvalue weighted by Crippen LogP contribution is -2.13.